The maximum Gasteiger partial charge on any atom is 0.407 e. The van der Waals surface area contributed by atoms with Crippen LogP contribution in [0.15, 0.2) is 72.9 Å². The number of para-hydroxylation sites is 3. The van der Waals surface area contributed by atoms with Gasteiger partial charge < -0.3 is 20.3 Å². The van der Waals surface area contributed by atoms with Gasteiger partial charge in [-0.1, -0.05) is 36.4 Å². The monoisotopic (exact) mass is 512 g/mol. The molecule has 38 heavy (non-hydrogen) atoms. The maximum atomic E-state index is 13.3. The molecule has 2 aromatic carbocycles. The molecule has 1 aliphatic rings. The van der Waals surface area contributed by atoms with Crippen LogP contribution in [0.25, 0.3) is 16.7 Å². The first-order valence-electron chi connectivity index (χ1n) is 12.8. The number of amides is 2. The number of rotatable bonds is 5. The van der Waals surface area contributed by atoms with Crippen LogP contribution in [-0.2, 0) is 4.74 Å². The molecule has 196 valence electrons. The Balaban J connectivity index is 1.31. The second-order valence-corrected chi connectivity index (χ2v) is 10.4. The Morgan fingerprint density at radius 2 is 1.79 bits per heavy atom. The van der Waals surface area contributed by atoms with Crippen molar-refractivity contribution in [1.82, 2.24) is 20.1 Å². The van der Waals surface area contributed by atoms with E-state index in [4.69, 9.17) is 4.74 Å². The average molecular weight is 513 g/mol. The molecule has 0 saturated carbocycles. The number of aromatic nitrogens is 3. The number of alkyl carbamates (subject to hydrolysis) is 1. The SMILES string of the molecule is CC(C)(C)OC(=O)N[C@H]1CCCN(c2ccccc2NC(=O)c2cccc(-n3ncc4ccccc43)n2)C1. The van der Waals surface area contributed by atoms with E-state index >= 15 is 0 Å². The molecule has 1 aliphatic heterocycles. The highest BCUT2D eigenvalue weighted by Crippen LogP contribution is 2.29. The van der Waals surface area contributed by atoms with Crippen LogP contribution in [0.2, 0.25) is 0 Å². The predicted octanol–water partition coefficient (Wildman–Crippen LogP) is 5.17. The van der Waals surface area contributed by atoms with Gasteiger partial charge in [-0.3, -0.25) is 4.79 Å². The van der Waals surface area contributed by atoms with Gasteiger partial charge in [0.25, 0.3) is 5.91 Å². The lowest BCUT2D eigenvalue weighted by atomic mass is 10.0. The molecule has 2 aromatic heterocycles. The fourth-order valence-electron chi connectivity index (χ4n) is 4.65. The Kier molecular flexibility index (Phi) is 7.00. The molecular weight excluding hydrogens is 480 g/mol. The number of ether oxygens (including phenoxy) is 1. The summed E-state index contributed by atoms with van der Waals surface area (Å²) in [5.74, 6) is 0.260. The van der Waals surface area contributed by atoms with Crippen molar-refractivity contribution in [2.45, 2.75) is 45.3 Å². The molecule has 5 rings (SSSR count). The predicted molar refractivity (Wildman–Crippen MR) is 148 cm³/mol. The van der Waals surface area contributed by atoms with Gasteiger partial charge in [0.05, 0.1) is 23.1 Å². The third-order valence-corrected chi connectivity index (χ3v) is 6.30. The highest BCUT2D eigenvalue weighted by atomic mass is 16.6. The maximum absolute atomic E-state index is 13.3. The van der Waals surface area contributed by atoms with Crippen LogP contribution in [0.3, 0.4) is 0 Å². The zero-order chi connectivity index (χ0) is 26.7. The number of piperidine rings is 1. The van der Waals surface area contributed by atoms with Crippen molar-refractivity contribution in [2.75, 3.05) is 23.3 Å². The van der Waals surface area contributed by atoms with Crippen molar-refractivity contribution in [3.8, 4) is 5.82 Å². The highest BCUT2D eigenvalue weighted by Gasteiger charge is 2.26. The smallest absolute Gasteiger partial charge is 0.407 e. The summed E-state index contributed by atoms with van der Waals surface area (Å²) in [4.78, 5) is 32.4. The molecule has 9 heteroatoms. The number of hydrogen-bond donors (Lipinski definition) is 2. The van der Waals surface area contributed by atoms with Gasteiger partial charge in [0, 0.05) is 24.5 Å². The van der Waals surface area contributed by atoms with Crippen molar-refractivity contribution in [3.05, 3.63) is 78.6 Å². The fraction of sp³-hybridized carbons (Fsp3) is 0.310. The van der Waals surface area contributed by atoms with E-state index in [0.717, 1.165) is 36.0 Å². The number of nitrogens with zero attached hydrogens (tertiary/aromatic N) is 4. The summed E-state index contributed by atoms with van der Waals surface area (Å²) in [6.45, 7) is 6.98. The van der Waals surface area contributed by atoms with Gasteiger partial charge in [0.15, 0.2) is 5.82 Å². The van der Waals surface area contributed by atoms with Crippen LogP contribution in [0.5, 0.6) is 0 Å². The van der Waals surface area contributed by atoms with Crippen molar-refractivity contribution >= 4 is 34.3 Å². The molecule has 0 radical (unpaired) electrons. The fourth-order valence-corrected chi connectivity index (χ4v) is 4.65. The Morgan fingerprint density at radius 1 is 1.00 bits per heavy atom. The first-order valence-corrected chi connectivity index (χ1v) is 12.8. The number of nitrogens with one attached hydrogen (secondary N) is 2. The first kappa shape index (κ1) is 25.3. The van der Waals surface area contributed by atoms with E-state index in [1.54, 1.807) is 23.0 Å². The summed E-state index contributed by atoms with van der Waals surface area (Å²) in [5.41, 5.74) is 2.24. The van der Waals surface area contributed by atoms with E-state index in [0.29, 0.717) is 23.7 Å². The topological polar surface area (TPSA) is 101 Å². The minimum atomic E-state index is -0.550. The number of hydrogen-bond acceptors (Lipinski definition) is 6. The lowest BCUT2D eigenvalue weighted by Gasteiger charge is -2.36. The van der Waals surface area contributed by atoms with Crippen LogP contribution >= 0.6 is 0 Å². The highest BCUT2D eigenvalue weighted by molar-refractivity contribution is 6.04. The first-order chi connectivity index (χ1) is 18.3. The summed E-state index contributed by atoms with van der Waals surface area (Å²) < 4.78 is 7.16. The second kappa shape index (κ2) is 10.5. The van der Waals surface area contributed by atoms with Crippen molar-refractivity contribution < 1.29 is 14.3 Å². The molecule has 0 unspecified atom stereocenters. The van der Waals surface area contributed by atoms with E-state index < -0.39 is 11.7 Å². The van der Waals surface area contributed by atoms with E-state index in [2.05, 4.69) is 25.6 Å². The quantitative estimate of drug-likeness (QED) is 0.383. The Morgan fingerprint density at radius 3 is 2.63 bits per heavy atom. The van der Waals surface area contributed by atoms with E-state index in [1.165, 1.54) is 0 Å². The van der Waals surface area contributed by atoms with E-state index in [9.17, 15) is 9.59 Å². The lowest BCUT2D eigenvalue weighted by molar-refractivity contribution is 0.0500. The number of carbonyl (C=O) groups is 2. The second-order valence-electron chi connectivity index (χ2n) is 10.4. The summed E-state index contributed by atoms with van der Waals surface area (Å²) in [6.07, 6.45) is 3.14. The number of fused-ring (bicyclic) bond motifs is 1. The van der Waals surface area contributed by atoms with Gasteiger partial charge >= 0.3 is 6.09 Å². The molecule has 2 N–H and O–H groups in total. The Bertz CT molecular complexity index is 1460. The van der Waals surface area contributed by atoms with Gasteiger partial charge in [0.1, 0.15) is 11.3 Å². The van der Waals surface area contributed by atoms with E-state index in [1.807, 2.05) is 75.4 Å². The number of anilines is 2. The lowest BCUT2D eigenvalue weighted by Crippen LogP contribution is -2.49. The van der Waals surface area contributed by atoms with Gasteiger partial charge in [-0.15, -0.1) is 0 Å². The molecule has 0 aliphatic carbocycles. The van der Waals surface area contributed by atoms with Crippen LogP contribution < -0.4 is 15.5 Å². The standard InChI is InChI=1S/C29H32N6O3/c1-29(2,3)38-28(37)31-21-11-9-17-34(19-21)25-15-7-5-12-22(25)33-27(36)23-13-8-16-26(32-23)35-24-14-6-4-10-20(24)18-30-35/h4-8,10,12-16,18,21H,9,11,17,19H2,1-3H3,(H,31,37)(H,33,36)/t21-/m0/s1. The summed E-state index contributed by atoms with van der Waals surface area (Å²) in [7, 11) is 0. The Hall–Kier alpha value is -4.40. The minimum Gasteiger partial charge on any atom is -0.444 e. The molecule has 2 amide bonds. The third-order valence-electron chi connectivity index (χ3n) is 6.30. The largest absolute Gasteiger partial charge is 0.444 e. The molecule has 0 spiro atoms. The molecule has 3 heterocycles. The summed E-state index contributed by atoms with van der Waals surface area (Å²) in [5, 5.41) is 11.5. The normalized spacial score (nSPS) is 15.8. The van der Waals surface area contributed by atoms with Gasteiger partial charge in [-0.05, 0) is 63.9 Å². The molecule has 4 aromatic rings. The van der Waals surface area contributed by atoms with Gasteiger partial charge in [-0.2, -0.15) is 5.10 Å². The van der Waals surface area contributed by atoms with Gasteiger partial charge in [0.2, 0.25) is 0 Å². The molecule has 0 bridgehead atoms. The number of carbonyl (C=O) groups excluding carboxylic acids is 2. The van der Waals surface area contributed by atoms with Crippen LogP contribution in [0, 0.1) is 0 Å². The summed E-state index contributed by atoms with van der Waals surface area (Å²) >= 11 is 0. The zero-order valence-corrected chi connectivity index (χ0v) is 21.8. The van der Waals surface area contributed by atoms with Crippen LogP contribution in [0.4, 0.5) is 16.2 Å². The number of pyridine rings is 1. The van der Waals surface area contributed by atoms with Crippen molar-refractivity contribution in [1.29, 1.82) is 0 Å². The van der Waals surface area contributed by atoms with Crippen LogP contribution in [0.1, 0.15) is 44.1 Å². The molecule has 1 fully saturated rings. The Labute approximate surface area is 221 Å². The third kappa shape index (κ3) is 5.77. The summed E-state index contributed by atoms with van der Waals surface area (Å²) in [6, 6.07) is 20.8. The van der Waals surface area contributed by atoms with Crippen molar-refractivity contribution in [2.24, 2.45) is 0 Å². The van der Waals surface area contributed by atoms with E-state index in [-0.39, 0.29) is 11.9 Å². The molecule has 1 saturated heterocycles. The number of benzene rings is 2. The zero-order valence-electron chi connectivity index (χ0n) is 21.8. The van der Waals surface area contributed by atoms with Gasteiger partial charge in [-0.25, -0.2) is 14.5 Å². The van der Waals surface area contributed by atoms with Crippen LogP contribution in [-0.4, -0.2) is 51.5 Å². The molecule has 9 nitrogen and oxygen atoms in total. The van der Waals surface area contributed by atoms with Crippen molar-refractivity contribution in [3.63, 3.8) is 0 Å². The minimum absolute atomic E-state index is 0.0513. The molecular formula is C29H32N6O3. The molecule has 1 atom stereocenters. The average Bonchev–Trinajstić information content (AvgIpc) is 3.32.